The summed E-state index contributed by atoms with van der Waals surface area (Å²) in [5.41, 5.74) is 1.27. The van der Waals surface area contributed by atoms with Crippen LogP contribution in [0.2, 0.25) is 0 Å². The Hall–Kier alpha value is -1.41. The van der Waals surface area contributed by atoms with Crippen LogP contribution in [0, 0.1) is 0 Å². The fourth-order valence-electron chi connectivity index (χ4n) is 3.30. The van der Waals surface area contributed by atoms with Gasteiger partial charge in [0.25, 0.3) is 0 Å². The molecule has 0 radical (unpaired) electrons. The first-order valence-corrected chi connectivity index (χ1v) is 12.1. The van der Waals surface area contributed by atoms with E-state index >= 15 is 0 Å². The predicted molar refractivity (Wildman–Crippen MR) is 116 cm³/mol. The summed E-state index contributed by atoms with van der Waals surface area (Å²) in [6.45, 7) is 7.85. The molecule has 0 bridgehead atoms. The number of halogens is 1. The summed E-state index contributed by atoms with van der Waals surface area (Å²) >= 11 is 3.34. The molecule has 2 aromatic carbocycles. The standard InChI is InChI=1S/C21H27BrN2O3S/c1-2-27-20-7-3-18(4-8-20)17-24-13-11-23(12-14-24)15-16-28(25,26)21-9-5-19(22)6-10-21/h3-10H,2,11-17H2,1H3. The van der Waals surface area contributed by atoms with Gasteiger partial charge in [-0.05, 0) is 48.9 Å². The zero-order chi connectivity index (χ0) is 20.0. The molecule has 0 spiro atoms. The molecule has 0 atom stereocenters. The van der Waals surface area contributed by atoms with Crippen LogP contribution in [-0.2, 0) is 16.4 Å². The minimum absolute atomic E-state index is 0.160. The van der Waals surface area contributed by atoms with E-state index in [1.807, 2.05) is 19.1 Å². The molecular formula is C21H27BrN2O3S. The molecule has 0 amide bonds. The minimum Gasteiger partial charge on any atom is -0.494 e. The van der Waals surface area contributed by atoms with Gasteiger partial charge in [-0.2, -0.15) is 0 Å². The molecule has 1 fully saturated rings. The molecule has 0 aliphatic carbocycles. The van der Waals surface area contributed by atoms with E-state index in [9.17, 15) is 8.42 Å². The molecule has 1 heterocycles. The molecule has 5 nitrogen and oxygen atoms in total. The second-order valence-electron chi connectivity index (χ2n) is 6.97. The molecule has 2 aromatic rings. The van der Waals surface area contributed by atoms with Crippen LogP contribution in [0.3, 0.4) is 0 Å². The summed E-state index contributed by atoms with van der Waals surface area (Å²) in [6, 6.07) is 15.1. The monoisotopic (exact) mass is 466 g/mol. The van der Waals surface area contributed by atoms with Crippen molar-refractivity contribution < 1.29 is 13.2 Å². The highest BCUT2D eigenvalue weighted by atomic mass is 79.9. The van der Waals surface area contributed by atoms with Crippen LogP contribution in [0.25, 0.3) is 0 Å². The van der Waals surface area contributed by atoms with Gasteiger partial charge in [0.15, 0.2) is 9.84 Å². The van der Waals surface area contributed by atoms with Gasteiger partial charge in [-0.15, -0.1) is 0 Å². The van der Waals surface area contributed by atoms with Crippen LogP contribution in [0.5, 0.6) is 5.75 Å². The molecule has 3 rings (SSSR count). The number of ether oxygens (including phenoxy) is 1. The summed E-state index contributed by atoms with van der Waals surface area (Å²) in [5.74, 6) is 1.07. The quantitative estimate of drug-likeness (QED) is 0.596. The van der Waals surface area contributed by atoms with Crippen LogP contribution in [0.15, 0.2) is 57.9 Å². The van der Waals surface area contributed by atoms with Crippen molar-refractivity contribution in [2.45, 2.75) is 18.4 Å². The highest BCUT2D eigenvalue weighted by Gasteiger charge is 2.20. The predicted octanol–water partition coefficient (Wildman–Crippen LogP) is 3.44. The Bertz CT molecular complexity index is 846. The van der Waals surface area contributed by atoms with Gasteiger partial charge in [0, 0.05) is 43.7 Å². The van der Waals surface area contributed by atoms with Crippen LogP contribution in [-0.4, -0.2) is 63.3 Å². The van der Waals surface area contributed by atoms with E-state index in [4.69, 9.17) is 4.74 Å². The fraction of sp³-hybridized carbons (Fsp3) is 0.429. The zero-order valence-electron chi connectivity index (χ0n) is 16.2. The van der Waals surface area contributed by atoms with Gasteiger partial charge in [0.2, 0.25) is 0 Å². The van der Waals surface area contributed by atoms with Crippen molar-refractivity contribution >= 4 is 25.8 Å². The van der Waals surface area contributed by atoms with E-state index < -0.39 is 9.84 Å². The first-order valence-electron chi connectivity index (χ1n) is 9.61. The van der Waals surface area contributed by atoms with E-state index in [1.165, 1.54) is 5.56 Å². The third-order valence-electron chi connectivity index (χ3n) is 4.95. The number of benzene rings is 2. The van der Waals surface area contributed by atoms with Crippen molar-refractivity contribution in [3.8, 4) is 5.75 Å². The smallest absolute Gasteiger partial charge is 0.179 e. The van der Waals surface area contributed by atoms with Gasteiger partial charge in [-0.1, -0.05) is 28.1 Å². The topological polar surface area (TPSA) is 49.9 Å². The molecule has 1 saturated heterocycles. The number of hydrogen-bond donors (Lipinski definition) is 0. The van der Waals surface area contributed by atoms with Crippen molar-refractivity contribution in [3.63, 3.8) is 0 Å². The van der Waals surface area contributed by atoms with Gasteiger partial charge < -0.3 is 4.74 Å². The Morgan fingerprint density at radius 1 is 0.929 bits per heavy atom. The number of sulfone groups is 1. The molecule has 0 unspecified atom stereocenters. The maximum Gasteiger partial charge on any atom is 0.179 e. The van der Waals surface area contributed by atoms with Crippen LogP contribution >= 0.6 is 15.9 Å². The number of piperazine rings is 1. The molecular weight excluding hydrogens is 440 g/mol. The SMILES string of the molecule is CCOc1ccc(CN2CCN(CCS(=O)(=O)c3ccc(Br)cc3)CC2)cc1. The Morgan fingerprint density at radius 2 is 1.54 bits per heavy atom. The van der Waals surface area contributed by atoms with Gasteiger partial charge in [0.05, 0.1) is 17.3 Å². The summed E-state index contributed by atoms with van der Waals surface area (Å²) in [5, 5.41) is 0. The number of nitrogens with zero attached hydrogens (tertiary/aromatic N) is 2. The summed E-state index contributed by atoms with van der Waals surface area (Å²) in [7, 11) is -3.24. The highest BCUT2D eigenvalue weighted by molar-refractivity contribution is 9.10. The lowest BCUT2D eigenvalue weighted by Crippen LogP contribution is -2.47. The third-order valence-corrected chi connectivity index (χ3v) is 7.19. The van der Waals surface area contributed by atoms with E-state index in [0.717, 1.165) is 42.9 Å². The first-order chi connectivity index (χ1) is 13.5. The van der Waals surface area contributed by atoms with Crippen LogP contribution in [0.1, 0.15) is 12.5 Å². The number of hydrogen-bond acceptors (Lipinski definition) is 5. The highest BCUT2D eigenvalue weighted by Crippen LogP contribution is 2.17. The van der Waals surface area contributed by atoms with Gasteiger partial charge >= 0.3 is 0 Å². The lowest BCUT2D eigenvalue weighted by atomic mass is 10.2. The van der Waals surface area contributed by atoms with Gasteiger partial charge in [-0.25, -0.2) is 8.42 Å². The Kier molecular flexibility index (Phi) is 7.51. The maximum absolute atomic E-state index is 12.5. The first kappa shape index (κ1) is 21.3. The molecule has 28 heavy (non-hydrogen) atoms. The van der Waals surface area contributed by atoms with E-state index in [1.54, 1.807) is 24.3 Å². The Balaban J connectivity index is 1.44. The zero-order valence-corrected chi connectivity index (χ0v) is 18.6. The lowest BCUT2D eigenvalue weighted by molar-refractivity contribution is 0.132. The van der Waals surface area contributed by atoms with Gasteiger partial charge in [0.1, 0.15) is 5.75 Å². The van der Waals surface area contributed by atoms with E-state index in [2.05, 4.69) is 37.9 Å². The molecule has 1 aliphatic heterocycles. The maximum atomic E-state index is 12.5. The summed E-state index contributed by atoms with van der Waals surface area (Å²) < 4.78 is 31.4. The van der Waals surface area contributed by atoms with Crippen LogP contribution < -0.4 is 4.74 Å². The second kappa shape index (κ2) is 9.87. The largest absolute Gasteiger partial charge is 0.494 e. The average Bonchev–Trinajstić information content (AvgIpc) is 2.70. The summed E-state index contributed by atoms with van der Waals surface area (Å²) in [4.78, 5) is 5.05. The average molecular weight is 467 g/mol. The van der Waals surface area contributed by atoms with Crippen molar-refractivity contribution in [1.82, 2.24) is 9.80 Å². The van der Waals surface area contributed by atoms with Crippen molar-refractivity contribution in [2.24, 2.45) is 0 Å². The molecule has 7 heteroatoms. The van der Waals surface area contributed by atoms with Crippen molar-refractivity contribution in [3.05, 3.63) is 58.6 Å². The molecule has 1 aliphatic rings. The molecule has 0 N–H and O–H groups in total. The Labute approximate surface area is 176 Å². The van der Waals surface area contributed by atoms with E-state index in [0.29, 0.717) is 18.0 Å². The minimum atomic E-state index is -3.24. The second-order valence-corrected chi connectivity index (χ2v) is 9.99. The lowest BCUT2D eigenvalue weighted by Gasteiger charge is -2.34. The molecule has 152 valence electrons. The summed E-state index contributed by atoms with van der Waals surface area (Å²) in [6.07, 6.45) is 0. The van der Waals surface area contributed by atoms with Crippen LogP contribution in [0.4, 0.5) is 0 Å². The fourth-order valence-corrected chi connectivity index (χ4v) is 4.85. The Morgan fingerprint density at radius 3 is 2.14 bits per heavy atom. The van der Waals surface area contributed by atoms with Crippen molar-refractivity contribution in [1.29, 1.82) is 0 Å². The molecule has 0 aromatic heterocycles. The molecule has 0 saturated carbocycles. The normalized spacial score (nSPS) is 16.2. The van der Waals surface area contributed by atoms with Gasteiger partial charge in [-0.3, -0.25) is 9.80 Å². The third kappa shape index (κ3) is 6.04. The van der Waals surface area contributed by atoms with Crippen molar-refractivity contribution in [2.75, 3.05) is 45.1 Å². The number of rotatable bonds is 8. The van der Waals surface area contributed by atoms with E-state index in [-0.39, 0.29) is 5.75 Å².